The van der Waals surface area contributed by atoms with E-state index in [1.807, 2.05) is 6.07 Å². The Hall–Kier alpha value is -1.82. The monoisotopic (exact) mass is 249 g/mol. The van der Waals surface area contributed by atoms with Crippen molar-refractivity contribution in [3.8, 4) is 5.75 Å². The molecule has 0 unspecified atom stereocenters. The third-order valence-corrected chi connectivity index (χ3v) is 2.48. The number of carbonyl (C=O) groups is 2. The normalized spacial score (nSPS) is 13.4. The van der Waals surface area contributed by atoms with Crippen LogP contribution in [0.15, 0.2) is 30.3 Å². The zero-order valence-electron chi connectivity index (χ0n) is 10.5. The summed E-state index contributed by atoms with van der Waals surface area (Å²) < 4.78 is 9.63. The molecule has 0 aliphatic heterocycles. The molecule has 0 saturated heterocycles. The Labute approximate surface area is 107 Å². The van der Waals surface area contributed by atoms with Gasteiger partial charge in [0.2, 0.25) is 0 Å². The molecule has 0 radical (unpaired) electrons. The highest BCUT2D eigenvalue weighted by atomic mass is 16.5. The highest BCUT2D eigenvalue weighted by molar-refractivity contribution is 6.07. The van der Waals surface area contributed by atoms with E-state index in [0.29, 0.717) is 5.75 Å². The summed E-state index contributed by atoms with van der Waals surface area (Å²) >= 11 is 0. The van der Waals surface area contributed by atoms with Gasteiger partial charge < -0.3 is 15.1 Å². The largest absolute Gasteiger partial charge is 0.542 e. The van der Waals surface area contributed by atoms with E-state index in [2.05, 4.69) is 4.65 Å². The van der Waals surface area contributed by atoms with E-state index in [-0.39, 0.29) is 12.8 Å². The van der Waals surface area contributed by atoms with Gasteiger partial charge in [0.05, 0.1) is 0 Å². The van der Waals surface area contributed by atoms with E-state index >= 15 is 0 Å². The molecule has 5 nitrogen and oxygen atoms in total. The maximum Gasteiger partial charge on any atom is 0.326 e. The summed E-state index contributed by atoms with van der Waals surface area (Å²) in [6, 6.07) is 8.72. The van der Waals surface area contributed by atoms with Crippen LogP contribution in [0.25, 0.3) is 0 Å². The van der Waals surface area contributed by atoms with Crippen LogP contribution in [-0.2, 0) is 14.2 Å². The molecule has 0 spiro atoms. The molecule has 0 bridgehead atoms. The van der Waals surface area contributed by atoms with Crippen molar-refractivity contribution in [2.45, 2.75) is 25.3 Å². The summed E-state index contributed by atoms with van der Waals surface area (Å²) in [4.78, 5) is 22.8. The van der Waals surface area contributed by atoms with Gasteiger partial charge in [-0.25, -0.2) is 0 Å². The summed E-state index contributed by atoms with van der Waals surface area (Å²) in [5.41, 5.74) is 4.55. The topological polar surface area (TPSA) is 78.6 Å². The molecule has 96 valence electrons. The van der Waals surface area contributed by atoms with Gasteiger partial charge in [-0.1, -0.05) is 18.2 Å². The predicted molar refractivity (Wildman–Crippen MR) is 68.5 cm³/mol. The molecular formula is C12H16BNO4. The Kier molecular flexibility index (Phi) is 4.91. The summed E-state index contributed by atoms with van der Waals surface area (Å²) in [6.45, 7) is 1.52. The molecule has 0 fully saturated rings. The highest BCUT2D eigenvalue weighted by Crippen LogP contribution is 2.14. The van der Waals surface area contributed by atoms with Crippen molar-refractivity contribution in [3.05, 3.63) is 30.3 Å². The Morgan fingerprint density at radius 2 is 1.94 bits per heavy atom. The van der Waals surface area contributed by atoms with Gasteiger partial charge in [0.1, 0.15) is 11.3 Å². The van der Waals surface area contributed by atoms with Gasteiger partial charge in [-0.2, -0.15) is 0 Å². The number of nitrogens with two attached hydrogens (primary N) is 1. The van der Waals surface area contributed by atoms with Crippen molar-refractivity contribution in [1.29, 1.82) is 0 Å². The third-order valence-electron chi connectivity index (χ3n) is 2.48. The number of benzene rings is 1. The van der Waals surface area contributed by atoms with Gasteiger partial charge in [-0.15, -0.1) is 0 Å². The van der Waals surface area contributed by atoms with Crippen molar-refractivity contribution in [2.24, 2.45) is 5.73 Å². The molecule has 1 atom stereocenters. The van der Waals surface area contributed by atoms with Crippen LogP contribution >= 0.6 is 0 Å². The number of hydrogen-bond donors (Lipinski definition) is 1. The van der Waals surface area contributed by atoms with Crippen LogP contribution in [0.2, 0.25) is 0 Å². The number of carbonyl (C=O) groups excluding carboxylic acids is 2. The standard InChI is InChI=1S/C12H16BNO4/c1-12(14,11(16)18-13)8-7-10(15)17-9-5-3-2-4-6-9/h2-6H,7-8,13-14H2,1H3/t12-/m0/s1. The first kappa shape index (κ1) is 14.2. The van der Waals surface area contributed by atoms with Crippen molar-refractivity contribution >= 4 is 20.0 Å². The Morgan fingerprint density at radius 1 is 1.33 bits per heavy atom. The fourth-order valence-electron chi connectivity index (χ4n) is 1.37. The van der Waals surface area contributed by atoms with Crippen molar-refractivity contribution in [3.63, 3.8) is 0 Å². The van der Waals surface area contributed by atoms with Crippen LogP contribution in [0.5, 0.6) is 5.75 Å². The first-order valence-electron chi connectivity index (χ1n) is 5.59. The first-order chi connectivity index (χ1) is 8.45. The predicted octanol–water partition coefficient (Wildman–Crippen LogP) is 0.181. The Bertz CT molecular complexity index is 419. The second kappa shape index (κ2) is 6.21. The van der Waals surface area contributed by atoms with Crippen LogP contribution in [0.4, 0.5) is 0 Å². The summed E-state index contributed by atoms with van der Waals surface area (Å²) in [7, 11) is 1.26. The first-order valence-corrected chi connectivity index (χ1v) is 5.59. The zero-order chi connectivity index (χ0) is 13.6. The number of para-hydroxylation sites is 1. The second-order valence-corrected chi connectivity index (χ2v) is 4.20. The molecule has 18 heavy (non-hydrogen) atoms. The number of rotatable bonds is 5. The second-order valence-electron chi connectivity index (χ2n) is 4.20. The fourth-order valence-corrected chi connectivity index (χ4v) is 1.37. The molecule has 1 aromatic rings. The van der Waals surface area contributed by atoms with Crippen molar-refractivity contribution < 1.29 is 19.0 Å². The molecule has 1 aromatic carbocycles. The number of ether oxygens (including phenoxy) is 1. The van der Waals surface area contributed by atoms with Gasteiger partial charge in [0.25, 0.3) is 0 Å². The van der Waals surface area contributed by atoms with Crippen molar-refractivity contribution in [1.82, 2.24) is 0 Å². The van der Waals surface area contributed by atoms with E-state index in [0.717, 1.165) is 0 Å². The summed E-state index contributed by atoms with van der Waals surface area (Å²) in [6.07, 6.45) is 0.225. The van der Waals surface area contributed by atoms with Gasteiger partial charge in [-0.05, 0) is 25.5 Å². The van der Waals surface area contributed by atoms with Crippen molar-refractivity contribution in [2.75, 3.05) is 0 Å². The molecular weight excluding hydrogens is 233 g/mol. The molecule has 0 amide bonds. The molecule has 0 aliphatic rings. The van der Waals surface area contributed by atoms with Crippen LogP contribution in [0, 0.1) is 0 Å². The molecule has 0 aromatic heterocycles. The molecule has 0 saturated carbocycles. The van der Waals surface area contributed by atoms with E-state index in [9.17, 15) is 9.59 Å². The third kappa shape index (κ3) is 4.22. The lowest BCUT2D eigenvalue weighted by molar-refractivity contribution is -0.140. The minimum absolute atomic E-state index is 0.0526. The zero-order valence-corrected chi connectivity index (χ0v) is 10.5. The summed E-state index contributed by atoms with van der Waals surface area (Å²) in [5.74, 6) is -0.504. The van der Waals surface area contributed by atoms with E-state index in [4.69, 9.17) is 10.5 Å². The quantitative estimate of drug-likeness (QED) is 0.457. The molecule has 0 heterocycles. The highest BCUT2D eigenvalue weighted by Gasteiger charge is 2.29. The Morgan fingerprint density at radius 3 is 2.50 bits per heavy atom. The van der Waals surface area contributed by atoms with Gasteiger partial charge in [-0.3, -0.25) is 9.59 Å². The number of esters is 1. The molecule has 2 N–H and O–H groups in total. The smallest absolute Gasteiger partial charge is 0.326 e. The lowest BCUT2D eigenvalue weighted by Crippen LogP contribution is -2.46. The van der Waals surface area contributed by atoms with Crippen LogP contribution in [-0.4, -0.2) is 25.5 Å². The van der Waals surface area contributed by atoms with Gasteiger partial charge in [0.15, 0.2) is 0 Å². The van der Waals surface area contributed by atoms with Crippen LogP contribution in [0.1, 0.15) is 19.8 Å². The minimum Gasteiger partial charge on any atom is -0.542 e. The lowest BCUT2D eigenvalue weighted by Gasteiger charge is -2.21. The van der Waals surface area contributed by atoms with E-state index < -0.39 is 17.5 Å². The summed E-state index contributed by atoms with van der Waals surface area (Å²) in [5, 5.41) is 0. The average molecular weight is 249 g/mol. The van der Waals surface area contributed by atoms with Crippen LogP contribution < -0.4 is 10.5 Å². The minimum atomic E-state index is -1.18. The molecule has 6 heteroatoms. The van der Waals surface area contributed by atoms with Gasteiger partial charge in [0, 0.05) is 6.42 Å². The molecule has 1 rings (SSSR count). The number of hydrogen-bond acceptors (Lipinski definition) is 5. The SMILES string of the molecule is BOC(=O)[C@@](C)(N)CCC(=O)Oc1ccccc1. The maximum atomic E-state index is 11.5. The fraction of sp³-hybridized carbons (Fsp3) is 0.333. The Balaban J connectivity index is 2.45. The maximum absolute atomic E-state index is 11.5. The van der Waals surface area contributed by atoms with E-state index in [1.165, 1.54) is 15.0 Å². The lowest BCUT2D eigenvalue weighted by atomic mass is 9.97. The average Bonchev–Trinajstić information content (AvgIpc) is 2.36. The van der Waals surface area contributed by atoms with E-state index in [1.54, 1.807) is 24.3 Å². The van der Waals surface area contributed by atoms with Crippen LogP contribution in [0.3, 0.4) is 0 Å². The van der Waals surface area contributed by atoms with Gasteiger partial charge >= 0.3 is 20.0 Å². The molecule has 0 aliphatic carbocycles.